The Labute approximate surface area is 120 Å². The fourth-order valence-electron chi connectivity index (χ4n) is 1.26. The molecule has 0 aliphatic carbocycles. The van der Waals surface area contributed by atoms with E-state index in [9.17, 15) is 9.59 Å². The molecule has 8 heteroatoms. The highest BCUT2D eigenvalue weighted by atomic mass is 32.1. The molecule has 0 aliphatic rings. The topological polar surface area (TPSA) is 97.1 Å². The van der Waals surface area contributed by atoms with Crippen LogP contribution in [0, 0.1) is 0 Å². The van der Waals surface area contributed by atoms with Crippen molar-refractivity contribution in [2.75, 3.05) is 6.54 Å². The lowest BCUT2D eigenvalue weighted by atomic mass is 10.3. The minimum atomic E-state index is -0.757. The molecule has 0 saturated heterocycles. The lowest BCUT2D eigenvalue weighted by molar-refractivity contribution is -0.139. The van der Waals surface area contributed by atoms with Gasteiger partial charge in [-0.3, -0.25) is 9.59 Å². The van der Waals surface area contributed by atoms with Crippen LogP contribution in [0.2, 0.25) is 0 Å². The van der Waals surface area contributed by atoms with Crippen molar-refractivity contribution in [1.29, 1.82) is 0 Å². The zero-order valence-corrected chi connectivity index (χ0v) is 12.4. The van der Waals surface area contributed by atoms with Crippen LogP contribution in [-0.4, -0.2) is 28.3 Å². The molecule has 1 unspecified atom stereocenters. The number of amides is 2. The fourth-order valence-corrected chi connectivity index (χ4v) is 2.19. The number of rotatable bonds is 5. The van der Waals surface area contributed by atoms with E-state index < -0.39 is 11.8 Å². The number of thiocarbonyl (C=S) groups is 1. The van der Waals surface area contributed by atoms with Gasteiger partial charge >= 0.3 is 11.8 Å². The van der Waals surface area contributed by atoms with Crippen LogP contribution in [0.15, 0.2) is 6.20 Å². The Morgan fingerprint density at radius 3 is 2.74 bits per heavy atom. The van der Waals surface area contributed by atoms with Gasteiger partial charge in [-0.1, -0.05) is 19.1 Å². The molecule has 0 aliphatic heterocycles. The zero-order valence-electron chi connectivity index (χ0n) is 10.7. The van der Waals surface area contributed by atoms with Crippen molar-refractivity contribution in [3.8, 4) is 0 Å². The van der Waals surface area contributed by atoms with E-state index in [4.69, 9.17) is 5.73 Å². The first-order chi connectivity index (χ1) is 8.93. The molecule has 6 nitrogen and oxygen atoms in total. The predicted octanol–water partition coefficient (Wildman–Crippen LogP) is 0.285. The highest BCUT2D eigenvalue weighted by Crippen LogP contribution is 2.19. The number of aromatic nitrogens is 1. The third-order valence-corrected chi connectivity index (χ3v) is 3.74. The first-order valence-corrected chi connectivity index (χ1v) is 6.98. The number of nitrogens with zero attached hydrogens (tertiary/aromatic N) is 1. The second-order valence-corrected chi connectivity index (χ2v) is 5.53. The maximum Gasteiger partial charge on any atom is 0.309 e. The van der Waals surface area contributed by atoms with Crippen LogP contribution in [0.25, 0.3) is 0 Å². The van der Waals surface area contributed by atoms with Crippen LogP contribution in [0.5, 0.6) is 0 Å². The summed E-state index contributed by atoms with van der Waals surface area (Å²) in [6.45, 7) is 3.81. The molecule has 0 aromatic carbocycles. The summed E-state index contributed by atoms with van der Waals surface area (Å²) in [5, 5.41) is 5.66. The predicted molar refractivity (Wildman–Crippen MR) is 77.8 cm³/mol. The van der Waals surface area contributed by atoms with Gasteiger partial charge in [-0.25, -0.2) is 4.98 Å². The first-order valence-electron chi connectivity index (χ1n) is 5.75. The Morgan fingerprint density at radius 1 is 1.53 bits per heavy atom. The summed E-state index contributed by atoms with van der Waals surface area (Å²) in [4.78, 5) is 28.5. The normalized spacial score (nSPS) is 11.7. The third-order valence-electron chi connectivity index (χ3n) is 2.27. The number of nitrogens with one attached hydrogen (secondary N) is 2. The number of aryl methyl sites for hydroxylation is 1. The molecule has 1 rings (SSSR count). The van der Waals surface area contributed by atoms with Crippen molar-refractivity contribution in [3.05, 3.63) is 16.1 Å². The van der Waals surface area contributed by atoms with Gasteiger partial charge in [-0.05, 0) is 13.3 Å². The summed E-state index contributed by atoms with van der Waals surface area (Å²) in [6.07, 6.45) is 2.67. The molecule has 0 fully saturated rings. The first kappa shape index (κ1) is 15.5. The van der Waals surface area contributed by atoms with Crippen molar-refractivity contribution >= 4 is 40.4 Å². The average molecular weight is 300 g/mol. The molecule has 0 bridgehead atoms. The summed E-state index contributed by atoms with van der Waals surface area (Å²) >= 11 is 6.12. The molecule has 0 saturated carbocycles. The molecule has 4 N–H and O–H groups in total. The van der Waals surface area contributed by atoms with Crippen LogP contribution in [-0.2, 0) is 16.0 Å². The Bertz CT molecular complexity index is 487. The highest BCUT2D eigenvalue weighted by Gasteiger charge is 2.18. The Hall–Kier alpha value is -1.54. The summed E-state index contributed by atoms with van der Waals surface area (Å²) < 4.78 is 0. The van der Waals surface area contributed by atoms with Crippen LogP contribution >= 0.6 is 23.6 Å². The zero-order chi connectivity index (χ0) is 14.4. The number of hydrogen-bond acceptors (Lipinski definition) is 5. The number of thiazole rings is 1. The quantitative estimate of drug-likeness (QED) is 0.536. The summed E-state index contributed by atoms with van der Waals surface area (Å²) in [5.41, 5.74) is 5.23. The minimum Gasteiger partial charge on any atom is -0.392 e. The van der Waals surface area contributed by atoms with Crippen molar-refractivity contribution in [2.24, 2.45) is 5.73 Å². The van der Waals surface area contributed by atoms with Gasteiger partial charge in [-0.2, -0.15) is 0 Å². The Kier molecular flexibility index (Phi) is 5.84. The fraction of sp³-hybridized carbons (Fsp3) is 0.455. The van der Waals surface area contributed by atoms with E-state index in [1.165, 1.54) is 11.3 Å². The van der Waals surface area contributed by atoms with Gasteiger partial charge in [0.25, 0.3) is 0 Å². The molecule has 1 aromatic rings. The lowest BCUT2D eigenvalue weighted by Crippen LogP contribution is -2.43. The number of carbonyl (C=O) groups is 2. The van der Waals surface area contributed by atoms with E-state index in [1.807, 2.05) is 6.92 Å². The molecule has 19 heavy (non-hydrogen) atoms. The number of hydrogen-bond donors (Lipinski definition) is 3. The lowest BCUT2D eigenvalue weighted by Gasteiger charge is -2.10. The van der Waals surface area contributed by atoms with E-state index in [-0.39, 0.29) is 17.6 Å². The highest BCUT2D eigenvalue weighted by molar-refractivity contribution is 7.80. The molecule has 2 amide bonds. The van der Waals surface area contributed by atoms with Gasteiger partial charge in [0.2, 0.25) is 0 Å². The molecule has 1 heterocycles. The van der Waals surface area contributed by atoms with Crippen LogP contribution in [0.3, 0.4) is 0 Å². The van der Waals surface area contributed by atoms with Gasteiger partial charge < -0.3 is 16.4 Å². The maximum absolute atomic E-state index is 11.6. The minimum absolute atomic E-state index is 0.00715. The van der Waals surface area contributed by atoms with E-state index in [0.29, 0.717) is 0 Å². The summed E-state index contributed by atoms with van der Waals surface area (Å²) in [5.74, 6) is -1.48. The van der Waals surface area contributed by atoms with Gasteiger partial charge in [0, 0.05) is 11.1 Å². The van der Waals surface area contributed by atoms with Crippen molar-refractivity contribution < 1.29 is 9.59 Å². The second-order valence-electron chi connectivity index (χ2n) is 3.86. The van der Waals surface area contributed by atoms with Crippen molar-refractivity contribution in [3.63, 3.8) is 0 Å². The van der Waals surface area contributed by atoms with Crippen molar-refractivity contribution in [1.82, 2.24) is 15.6 Å². The third kappa shape index (κ3) is 4.92. The molecule has 1 aromatic heterocycles. The van der Waals surface area contributed by atoms with Gasteiger partial charge in [0.1, 0.15) is 5.01 Å². The Morgan fingerprint density at radius 2 is 2.21 bits per heavy atom. The second kappa shape index (κ2) is 7.15. The smallest absolute Gasteiger partial charge is 0.309 e. The van der Waals surface area contributed by atoms with E-state index >= 15 is 0 Å². The standard InChI is InChI=1S/C11H16N4O2S2/c1-3-7-4-14-11(19-7)6(2)15-10(17)9(16)13-5-8(12)18/h4,6H,3,5H2,1-2H3,(H2,12,18)(H,13,16)(H,15,17). The molecule has 0 spiro atoms. The van der Waals surface area contributed by atoms with Crippen LogP contribution in [0.4, 0.5) is 0 Å². The van der Waals surface area contributed by atoms with Crippen LogP contribution in [0.1, 0.15) is 29.8 Å². The van der Waals surface area contributed by atoms with E-state index in [0.717, 1.165) is 16.3 Å². The van der Waals surface area contributed by atoms with Gasteiger partial charge in [-0.15, -0.1) is 11.3 Å². The van der Waals surface area contributed by atoms with E-state index in [2.05, 4.69) is 27.8 Å². The Balaban J connectivity index is 2.51. The van der Waals surface area contributed by atoms with Gasteiger partial charge in [0.05, 0.1) is 17.6 Å². The largest absolute Gasteiger partial charge is 0.392 e. The number of carbonyl (C=O) groups excluding carboxylic acids is 2. The molecular formula is C11H16N4O2S2. The molecule has 1 atom stereocenters. The molecule has 0 radical (unpaired) electrons. The number of nitrogens with two attached hydrogens (primary N) is 1. The summed E-state index contributed by atoms with van der Waals surface area (Å²) in [6, 6.07) is -0.312. The van der Waals surface area contributed by atoms with Crippen molar-refractivity contribution in [2.45, 2.75) is 26.3 Å². The van der Waals surface area contributed by atoms with Crippen LogP contribution < -0.4 is 16.4 Å². The maximum atomic E-state index is 11.6. The SMILES string of the molecule is CCc1cnc(C(C)NC(=O)C(=O)NCC(N)=S)s1. The summed E-state index contributed by atoms with van der Waals surface area (Å²) in [7, 11) is 0. The molecular weight excluding hydrogens is 284 g/mol. The van der Waals surface area contributed by atoms with Gasteiger partial charge in [0.15, 0.2) is 0 Å². The monoisotopic (exact) mass is 300 g/mol. The molecule has 104 valence electrons. The average Bonchev–Trinajstić information content (AvgIpc) is 2.84. The van der Waals surface area contributed by atoms with E-state index in [1.54, 1.807) is 13.1 Å².